The fourth-order valence-electron chi connectivity index (χ4n) is 4.90. The third-order valence-corrected chi connectivity index (χ3v) is 8.56. The van der Waals surface area contributed by atoms with Crippen LogP contribution >= 0.6 is 39.3 Å². The van der Waals surface area contributed by atoms with Gasteiger partial charge in [0.05, 0.1) is 5.75 Å². The molecule has 1 fully saturated rings. The van der Waals surface area contributed by atoms with Gasteiger partial charge in [0, 0.05) is 34.3 Å². The standard InChI is InChI=1S/C31H34BrClN2O2S/c32-26-13-7-11-24(17-26)20-35(30(36)22-38-21-25-12-8-14-27(33)18-25)29(19-23-9-3-1-4-10-23)31(37)34-28-15-5-2-6-16-28/h1,3-4,7-14,17-18,28-29H,2,5-6,15-16,19-22H2,(H,34,37). The molecule has 1 unspecified atom stereocenters. The molecule has 4 rings (SSSR count). The molecule has 1 atom stereocenters. The molecule has 0 aromatic heterocycles. The molecule has 2 amide bonds. The highest BCUT2D eigenvalue weighted by molar-refractivity contribution is 9.10. The van der Waals surface area contributed by atoms with Crippen molar-refractivity contribution in [1.82, 2.24) is 10.2 Å². The Hall–Kier alpha value is -2.28. The van der Waals surface area contributed by atoms with Crippen molar-refractivity contribution in [1.29, 1.82) is 0 Å². The largest absolute Gasteiger partial charge is 0.352 e. The van der Waals surface area contributed by atoms with Crippen LogP contribution in [-0.2, 0) is 28.3 Å². The number of carbonyl (C=O) groups is 2. The van der Waals surface area contributed by atoms with Crippen LogP contribution in [0.4, 0.5) is 0 Å². The van der Waals surface area contributed by atoms with Gasteiger partial charge in [-0.15, -0.1) is 11.8 Å². The summed E-state index contributed by atoms with van der Waals surface area (Å²) in [5.41, 5.74) is 3.09. The molecule has 0 spiro atoms. The van der Waals surface area contributed by atoms with Gasteiger partial charge >= 0.3 is 0 Å². The fraction of sp³-hybridized carbons (Fsp3) is 0.355. The van der Waals surface area contributed by atoms with Crippen LogP contribution in [0.2, 0.25) is 5.02 Å². The van der Waals surface area contributed by atoms with Gasteiger partial charge in [-0.1, -0.05) is 101 Å². The topological polar surface area (TPSA) is 49.4 Å². The average molecular weight is 614 g/mol. The van der Waals surface area contributed by atoms with Crippen molar-refractivity contribution in [2.45, 2.75) is 62.9 Å². The molecule has 4 nitrogen and oxygen atoms in total. The Kier molecular flexibility index (Phi) is 11.2. The van der Waals surface area contributed by atoms with E-state index in [4.69, 9.17) is 11.6 Å². The molecule has 0 bridgehead atoms. The molecule has 0 heterocycles. The smallest absolute Gasteiger partial charge is 0.243 e. The first kappa shape index (κ1) is 28.7. The zero-order valence-electron chi connectivity index (χ0n) is 21.5. The molecule has 1 N–H and O–H groups in total. The lowest BCUT2D eigenvalue weighted by molar-refractivity contribution is -0.139. The van der Waals surface area contributed by atoms with Gasteiger partial charge in [0.25, 0.3) is 0 Å². The van der Waals surface area contributed by atoms with Gasteiger partial charge in [0.15, 0.2) is 0 Å². The van der Waals surface area contributed by atoms with Gasteiger partial charge < -0.3 is 10.2 Å². The first-order valence-corrected chi connectivity index (χ1v) is 15.5. The van der Waals surface area contributed by atoms with Crippen molar-refractivity contribution in [3.8, 4) is 0 Å². The third-order valence-electron chi connectivity index (χ3n) is 6.85. The molecule has 3 aromatic carbocycles. The summed E-state index contributed by atoms with van der Waals surface area (Å²) in [6, 6.07) is 25.2. The Morgan fingerprint density at radius 1 is 0.921 bits per heavy atom. The van der Waals surface area contributed by atoms with E-state index in [0.717, 1.165) is 46.8 Å². The summed E-state index contributed by atoms with van der Waals surface area (Å²) in [6.45, 7) is 0.367. The summed E-state index contributed by atoms with van der Waals surface area (Å²) in [7, 11) is 0. The second-order valence-corrected chi connectivity index (χ2v) is 12.2. The maximum absolute atomic E-state index is 13.8. The van der Waals surface area contributed by atoms with Crippen molar-refractivity contribution in [3.05, 3.63) is 105 Å². The molecule has 0 saturated heterocycles. The van der Waals surface area contributed by atoms with E-state index in [-0.39, 0.29) is 23.6 Å². The predicted octanol–water partition coefficient (Wildman–Crippen LogP) is 7.42. The van der Waals surface area contributed by atoms with Crippen LogP contribution < -0.4 is 5.32 Å². The minimum absolute atomic E-state index is 0.0447. The molecular weight excluding hydrogens is 580 g/mol. The summed E-state index contributed by atoms with van der Waals surface area (Å²) in [5.74, 6) is 0.845. The molecule has 1 aliphatic carbocycles. The van der Waals surface area contributed by atoms with Crippen molar-refractivity contribution in [3.63, 3.8) is 0 Å². The summed E-state index contributed by atoms with van der Waals surface area (Å²) < 4.78 is 0.948. The minimum atomic E-state index is -0.599. The van der Waals surface area contributed by atoms with Crippen molar-refractivity contribution in [2.75, 3.05) is 5.75 Å². The van der Waals surface area contributed by atoms with Gasteiger partial charge in [0.2, 0.25) is 11.8 Å². The zero-order chi connectivity index (χ0) is 26.7. The van der Waals surface area contributed by atoms with Gasteiger partial charge in [-0.05, 0) is 53.8 Å². The van der Waals surface area contributed by atoms with E-state index < -0.39 is 6.04 Å². The van der Waals surface area contributed by atoms with E-state index in [9.17, 15) is 9.59 Å². The molecule has 0 aliphatic heterocycles. The highest BCUT2D eigenvalue weighted by Gasteiger charge is 2.31. The van der Waals surface area contributed by atoms with Crippen molar-refractivity contribution < 1.29 is 9.59 Å². The van der Waals surface area contributed by atoms with Crippen molar-refractivity contribution in [2.24, 2.45) is 0 Å². The number of hydrogen-bond donors (Lipinski definition) is 1. The molecule has 0 radical (unpaired) electrons. The van der Waals surface area contributed by atoms with Crippen LogP contribution in [0.3, 0.4) is 0 Å². The second-order valence-electron chi connectivity index (χ2n) is 9.82. The number of rotatable bonds is 11. The van der Waals surface area contributed by atoms with Crippen LogP contribution in [0.15, 0.2) is 83.3 Å². The third kappa shape index (κ3) is 8.89. The van der Waals surface area contributed by atoms with Crippen LogP contribution in [0, 0.1) is 0 Å². The quantitative estimate of drug-likeness (QED) is 0.245. The number of hydrogen-bond acceptors (Lipinski definition) is 3. The van der Waals surface area contributed by atoms with E-state index in [0.29, 0.717) is 23.7 Å². The number of benzene rings is 3. The zero-order valence-corrected chi connectivity index (χ0v) is 24.6. The number of halogens is 2. The summed E-state index contributed by atoms with van der Waals surface area (Å²) in [5, 5.41) is 3.98. The number of carbonyl (C=O) groups excluding carboxylic acids is 2. The van der Waals surface area contributed by atoms with E-state index >= 15 is 0 Å². The van der Waals surface area contributed by atoms with Crippen LogP contribution in [-0.4, -0.2) is 34.6 Å². The number of thioether (sulfide) groups is 1. The van der Waals surface area contributed by atoms with E-state index in [1.165, 1.54) is 6.42 Å². The highest BCUT2D eigenvalue weighted by Crippen LogP contribution is 2.22. The van der Waals surface area contributed by atoms with Crippen molar-refractivity contribution >= 4 is 51.1 Å². The molecule has 1 saturated carbocycles. The number of amides is 2. The average Bonchev–Trinajstić information content (AvgIpc) is 2.92. The van der Waals surface area contributed by atoms with E-state index in [2.05, 4.69) is 21.2 Å². The summed E-state index contributed by atoms with van der Waals surface area (Å²) in [4.78, 5) is 29.4. The maximum Gasteiger partial charge on any atom is 0.243 e. The molecule has 3 aromatic rings. The molecule has 7 heteroatoms. The maximum atomic E-state index is 13.8. The monoisotopic (exact) mass is 612 g/mol. The second kappa shape index (κ2) is 14.8. The molecule has 200 valence electrons. The molecular formula is C31H34BrClN2O2S. The van der Waals surface area contributed by atoms with Gasteiger partial charge in [-0.3, -0.25) is 9.59 Å². The lowest BCUT2D eigenvalue weighted by Crippen LogP contribution is -2.53. The summed E-state index contributed by atoms with van der Waals surface area (Å²) >= 11 is 11.2. The lowest BCUT2D eigenvalue weighted by atomic mass is 9.94. The Balaban J connectivity index is 1.56. The lowest BCUT2D eigenvalue weighted by Gasteiger charge is -2.33. The van der Waals surface area contributed by atoms with E-state index in [1.807, 2.05) is 78.9 Å². The van der Waals surface area contributed by atoms with Crippen LogP contribution in [0.5, 0.6) is 0 Å². The first-order valence-electron chi connectivity index (χ1n) is 13.2. The number of nitrogens with one attached hydrogen (secondary N) is 1. The van der Waals surface area contributed by atoms with Gasteiger partial charge in [0.1, 0.15) is 6.04 Å². The van der Waals surface area contributed by atoms with Crippen LogP contribution in [0.1, 0.15) is 48.8 Å². The Bertz CT molecular complexity index is 1200. The molecule has 38 heavy (non-hydrogen) atoms. The Morgan fingerprint density at radius 3 is 2.37 bits per heavy atom. The van der Waals surface area contributed by atoms with E-state index in [1.54, 1.807) is 16.7 Å². The Labute approximate surface area is 243 Å². The first-order chi connectivity index (χ1) is 18.5. The van der Waals surface area contributed by atoms with Gasteiger partial charge in [-0.25, -0.2) is 0 Å². The predicted molar refractivity (Wildman–Crippen MR) is 161 cm³/mol. The Morgan fingerprint density at radius 2 is 1.63 bits per heavy atom. The van der Waals surface area contributed by atoms with Crippen LogP contribution in [0.25, 0.3) is 0 Å². The minimum Gasteiger partial charge on any atom is -0.352 e. The fourth-order valence-corrected chi connectivity index (χ4v) is 6.41. The number of nitrogens with zero attached hydrogens (tertiary/aromatic N) is 1. The normalized spacial score (nSPS) is 14.6. The SMILES string of the molecule is O=C(NC1CCCCC1)C(Cc1ccccc1)N(Cc1cccc(Br)c1)C(=O)CSCc1cccc(Cl)c1. The molecule has 1 aliphatic rings. The van der Waals surface area contributed by atoms with Gasteiger partial charge in [-0.2, -0.15) is 0 Å². The summed E-state index contributed by atoms with van der Waals surface area (Å²) in [6.07, 6.45) is 5.96. The highest BCUT2D eigenvalue weighted by atomic mass is 79.9.